The maximum atomic E-state index is 13.0. The van der Waals surface area contributed by atoms with Crippen LogP contribution in [-0.4, -0.2) is 68.9 Å². The van der Waals surface area contributed by atoms with E-state index in [1.165, 1.54) is 29.6 Å². The van der Waals surface area contributed by atoms with Gasteiger partial charge in [-0.15, -0.1) is 0 Å². The minimum atomic E-state index is -3.84. The standard InChI is InChI=1S/C21H32N2O6S/c1-5-23(6-2)30(26,27)19-15-17(11-12-18(19)28-4)21(25)29-16(3)20(24)22-13-9-7-8-10-14-22/h11-12,15-16H,5-10,13-14H2,1-4H3. The number of hydrogen-bond acceptors (Lipinski definition) is 6. The fourth-order valence-electron chi connectivity index (χ4n) is 3.54. The molecule has 1 unspecified atom stereocenters. The Morgan fingerprint density at radius 1 is 1.10 bits per heavy atom. The van der Waals surface area contributed by atoms with E-state index in [1.807, 2.05) is 0 Å². The quantitative estimate of drug-likeness (QED) is 0.577. The van der Waals surface area contributed by atoms with Crippen molar-refractivity contribution in [1.82, 2.24) is 9.21 Å². The van der Waals surface area contributed by atoms with Gasteiger partial charge in [0.05, 0.1) is 12.7 Å². The van der Waals surface area contributed by atoms with E-state index >= 15 is 0 Å². The first-order chi connectivity index (χ1) is 14.3. The summed E-state index contributed by atoms with van der Waals surface area (Å²) >= 11 is 0. The summed E-state index contributed by atoms with van der Waals surface area (Å²) in [7, 11) is -2.47. The highest BCUT2D eigenvalue weighted by Crippen LogP contribution is 2.28. The Kier molecular flexibility index (Phi) is 8.66. The Morgan fingerprint density at radius 3 is 2.23 bits per heavy atom. The van der Waals surface area contributed by atoms with Crippen molar-refractivity contribution >= 4 is 21.9 Å². The molecule has 0 saturated carbocycles. The molecule has 1 fully saturated rings. The average Bonchev–Trinajstić information content (AvgIpc) is 3.02. The molecule has 168 valence electrons. The van der Waals surface area contributed by atoms with Gasteiger partial charge in [0.25, 0.3) is 5.91 Å². The zero-order valence-corrected chi connectivity index (χ0v) is 19.0. The Bertz CT molecular complexity index is 843. The van der Waals surface area contributed by atoms with Crippen LogP contribution in [0.4, 0.5) is 0 Å². The van der Waals surface area contributed by atoms with Gasteiger partial charge in [-0.05, 0) is 38.0 Å². The highest BCUT2D eigenvalue weighted by molar-refractivity contribution is 7.89. The Morgan fingerprint density at radius 2 is 1.70 bits per heavy atom. The van der Waals surface area contributed by atoms with Gasteiger partial charge in [-0.2, -0.15) is 4.31 Å². The number of carbonyl (C=O) groups is 2. The maximum Gasteiger partial charge on any atom is 0.338 e. The van der Waals surface area contributed by atoms with Crippen molar-refractivity contribution in [2.75, 3.05) is 33.3 Å². The third-order valence-corrected chi connectivity index (χ3v) is 7.34. The van der Waals surface area contributed by atoms with Crippen molar-refractivity contribution in [2.24, 2.45) is 0 Å². The van der Waals surface area contributed by atoms with Crippen molar-refractivity contribution in [2.45, 2.75) is 57.5 Å². The van der Waals surface area contributed by atoms with E-state index in [1.54, 1.807) is 25.7 Å². The van der Waals surface area contributed by atoms with Crippen LogP contribution in [0.1, 0.15) is 56.8 Å². The first-order valence-corrected chi connectivity index (χ1v) is 11.9. The lowest BCUT2D eigenvalue weighted by atomic mass is 10.2. The average molecular weight is 441 g/mol. The molecule has 1 saturated heterocycles. The van der Waals surface area contributed by atoms with Gasteiger partial charge in [-0.3, -0.25) is 4.79 Å². The van der Waals surface area contributed by atoms with Crippen molar-refractivity contribution in [1.29, 1.82) is 0 Å². The summed E-state index contributed by atoms with van der Waals surface area (Å²) in [5.41, 5.74) is 0.0528. The molecule has 1 aliphatic rings. The summed E-state index contributed by atoms with van der Waals surface area (Å²) in [6.07, 6.45) is 3.12. The second kappa shape index (κ2) is 10.8. The first kappa shape index (κ1) is 24.1. The molecule has 1 aromatic carbocycles. The minimum Gasteiger partial charge on any atom is -0.495 e. The minimum absolute atomic E-state index is 0.0528. The number of sulfonamides is 1. The first-order valence-electron chi connectivity index (χ1n) is 10.4. The summed E-state index contributed by atoms with van der Waals surface area (Å²) in [6, 6.07) is 4.11. The fourth-order valence-corrected chi connectivity index (χ4v) is 5.17. The van der Waals surface area contributed by atoms with E-state index in [-0.39, 0.29) is 35.2 Å². The van der Waals surface area contributed by atoms with Gasteiger partial charge < -0.3 is 14.4 Å². The molecule has 8 nitrogen and oxygen atoms in total. The monoisotopic (exact) mass is 440 g/mol. The predicted molar refractivity (Wildman–Crippen MR) is 113 cm³/mol. The molecular weight excluding hydrogens is 408 g/mol. The van der Waals surface area contributed by atoms with Gasteiger partial charge in [-0.1, -0.05) is 26.7 Å². The van der Waals surface area contributed by atoms with Crippen LogP contribution in [-0.2, 0) is 19.6 Å². The van der Waals surface area contributed by atoms with Crippen LogP contribution >= 0.6 is 0 Å². The fraction of sp³-hybridized carbons (Fsp3) is 0.619. The lowest BCUT2D eigenvalue weighted by Crippen LogP contribution is -2.40. The molecular formula is C21H32N2O6S. The smallest absolute Gasteiger partial charge is 0.338 e. The number of hydrogen-bond donors (Lipinski definition) is 0. The Balaban J connectivity index is 2.22. The third kappa shape index (κ3) is 5.51. The van der Waals surface area contributed by atoms with Crippen molar-refractivity contribution in [3.05, 3.63) is 23.8 Å². The predicted octanol–water partition coefficient (Wildman–Crippen LogP) is 2.67. The second-order valence-corrected chi connectivity index (χ2v) is 9.15. The van der Waals surface area contributed by atoms with Gasteiger partial charge in [0.2, 0.25) is 10.0 Å². The van der Waals surface area contributed by atoms with E-state index in [0.717, 1.165) is 25.7 Å². The largest absolute Gasteiger partial charge is 0.495 e. The number of benzene rings is 1. The van der Waals surface area contributed by atoms with Gasteiger partial charge in [0.15, 0.2) is 6.10 Å². The second-order valence-electron chi connectivity index (χ2n) is 7.24. The van der Waals surface area contributed by atoms with Crippen molar-refractivity contribution in [3.63, 3.8) is 0 Å². The van der Waals surface area contributed by atoms with Gasteiger partial charge >= 0.3 is 5.97 Å². The molecule has 1 heterocycles. The molecule has 9 heteroatoms. The van der Waals surface area contributed by atoms with E-state index < -0.39 is 22.1 Å². The van der Waals surface area contributed by atoms with Gasteiger partial charge in [0, 0.05) is 26.2 Å². The zero-order chi connectivity index (χ0) is 22.3. The van der Waals surface area contributed by atoms with E-state index in [4.69, 9.17) is 9.47 Å². The number of likely N-dealkylation sites (tertiary alicyclic amines) is 1. The van der Waals surface area contributed by atoms with Crippen molar-refractivity contribution < 1.29 is 27.5 Å². The molecule has 0 N–H and O–H groups in total. The number of nitrogens with zero attached hydrogens (tertiary/aromatic N) is 2. The van der Waals surface area contributed by atoms with E-state index in [0.29, 0.717) is 13.1 Å². The van der Waals surface area contributed by atoms with Crippen LogP contribution in [0.15, 0.2) is 23.1 Å². The summed E-state index contributed by atoms with van der Waals surface area (Å²) in [5, 5.41) is 0. The number of esters is 1. The van der Waals surface area contributed by atoms with E-state index in [2.05, 4.69) is 0 Å². The molecule has 2 rings (SSSR count). The topological polar surface area (TPSA) is 93.2 Å². The van der Waals surface area contributed by atoms with E-state index in [9.17, 15) is 18.0 Å². The van der Waals surface area contributed by atoms with Crippen LogP contribution < -0.4 is 4.74 Å². The molecule has 0 radical (unpaired) electrons. The third-order valence-electron chi connectivity index (χ3n) is 5.27. The molecule has 0 aliphatic carbocycles. The summed E-state index contributed by atoms with van der Waals surface area (Å²) < 4.78 is 37.8. The lowest BCUT2D eigenvalue weighted by Gasteiger charge is -2.24. The number of carbonyl (C=O) groups excluding carboxylic acids is 2. The summed E-state index contributed by atoms with van der Waals surface area (Å²) in [4.78, 5) is 26.9. The normalized spacial score (nSPS) is 16.1. The Hall–Kier alpha value is -2.13. The highest BCUT2D eigenvalue weighted by Gasteiger charge is 2.29. The van der Waals surface area contributed by atoms with Gasteiger partial charge in [-0.25, -0.2) is 13.2 Å². The molecule has 0 aromatic heterocycles. The van der Waals surface area contributed by atoms with Crippen LogP contribution in [0.3, 0.4) is 0 Å². The molecule has 1 aliphatic heterocycles. The Labute approximate surface area is 179 Å². The van der Waals surface area contributed by atoms with Crippen molar-refractivity contribution in [3.8, 4) is 5.75 Å². The van der Waals surface area contributed by atoms with Gasteiger partial charge in [0.1, 0.15) is 10.6 Å². The number of amides is 1. The number of rotatable bonds is 8. The molecule has 0 bridgehead atoms. The van der Waals surface area contributed by atoms with Crippen LogP contribution in [0, 0.1) is 0 Å². The molecule has 1 atom stereocenters. The van der Waals surface area contributed by atoms with Crippen LogP contribution in [0.25, 0.3) is 0 Å². The highest BCUT2D eigenvalue weighted by atomic mass is 32.2. The van der Waals surface area contributed by atoms with Crippen LogP contribution in [0.5, 0.6) is 5.75 Å². The SMILES string of the molecule is CCN(CC)S(=O)(=O)c1cc(C(=O)OC(C)C(=O)N2CCCCCC2)ccc1OC. The molecule has 1 aromatic rings. The molecule has 30 heavy (non-hydrogen) atoms. The number of methoxy groups -OCH3 is 1. The molecule has 1 amide bonds. The number of ether oxygens (including phenoxy) is 2. The zero-order valence-electron chi connectivity index (χ0n) is 18.2. The maximum absolute atomic E-state index is 13.0. The summed E-state index contributed by atoms with van der Waals surface area (Å²) in [6.45, 7) is 6.92. The van der Waals surface area contributed by atoms with Crippen LogP contribution in [0.2, 0.25) is 0 Å². The molecule has 0 spiro atoms. The summed E-state index contributed by atoms with van der Waals surface area (Å²) in [5.74, 6) is -0.828. The lowest BCUT2D eigenvalue weighted by molar-refractivity contribution is -0.139.